The van der Waals surface area contributed by atoms with Gasteiger partial charge in [-0.25, -0.2) is 0 Å². The molecule has 1 N–H and O–H groups in total. The highest BCUT2D eigenvalue weighted by Crippen LogP contribution is 2.28. The second-order valence-corrected chi connectivity index (χ2v) is 6.52. The predicted molar refractivity (Wildman–Crippen MR) is 72.6 cm³/mol. The van der Waals surface area contributed by atoms with Crippen molar-refractivity contribution >= 4 is 0 Å². The molecule has 17 heavy (non-hydrogen) atoms. The lowest BCUT2D eigenvalue weighted by molar-refractivity contribution is 0.259. The Morgan fingerprint density at radius 2 is 1.59 bits per heavy atom. The highest BCUT2D eigenvalue weighted by Gasteiger charge is 2.34. The molecule has 0 aromatic heterocycles. The van der Waals surface area contributed by atoms with E-state index >= 15 is 0 Å². The summed E-state index contributed by atoms with van der Waals surface area (Å²) in [5.41, 5.74) is -0.294. The van der Waals surface area contributed by atoms with E-state index in [4.69, 9.17) is 0 Å². The first-order chi connectivity index (χ1) is 7.97. The van der Waals surface area contributed by atoms with Crippen LogP contribution in [-0.4, -0.2) is 11.6 Å². The first kappa shape index (κ1) is 14.5. The summed E-state index contributed by atoms with van der Waals surface area (Å²) in [7, 11) is 0. The average molecular weight is 236 g/mol. The third-order valence-corrected chi connectivity index (χ3v) is 3.56. The summed E-state index contributed by atoms with van der Waals surface area (Å²) in [5.74, 6) is 1.14. The van der Waals surface area contributed by atoms with Crippen LogP contribution in [-0.2, 0) is 0 Å². The summed E-state index contributed by atoms with van der Waals surface area (Å²) in [5, 5.41) is 13.3. The standard InChI is InChI=1S/C15H28N2/c1-12(2)9-15(11-16,10-13(3)4)17-14-7-5-6-8-14/h12-14,17H,5-10H2,1-4H3. The number of nitrogens with one attached hydrogen (secondary N) is 1. The molecule has 0 atom stereocenters. The molecule has 0 spiro atoms. The maximum absolute atomic E-state index is 9.62. The smallest absolute Gasteiger partial charge is 0.107 e. The van der Waals surface area contributed by atoms with Gasteiger partial charge >= 0.3 is 0 Å². The summed E-state index contributed by atoms with van der Waals surface area (Å²) in [6.45, 7) is 8.84. The van der Waals surface area contributed by atoms with Crippen LogP contribution in [0.1, 0.15) is 66.2 Å². The Morgan fingerprint density at radius 3 is 1.94 bits per heavy atom. The van der Waals surface area contributed by atoms with Gasteiger partial charge in [-0.15, -0.1) is 0 Å². The van der Waals surface area contributed by atoms with Crippen molar-refractivity contribution < 1.29 is 0 Å². The van der Waals surface area contributed by atoms with Gasteiger partial charge in [-0.2, -0.15) is 5.26 Å². The van der Waals surface area contributed by atoms with Crippen LogP contribution in [0.3, 0.4) is 0 Å². The monoisotopic (exact) mass is 236 g/mol. The van der Waals surface area contributed by atoms with E-state index in [-0.39, 0.29) is 5.54 Å². The van der Waals surface area contributed by atoms with Crippen LogP contribution >= 0.6 is 0 Å². The van der Waals surface area contributed by atoms with Gasteiger partial charge in [-0.1, -0.05) is 40.5 Å². The van der Waals surface area contributed by atoms with Crippen LogP contribution in [0.25, 0.3) is 0 Å². The SMILES string of the molecule is CC(C)CC(C#N)(CC(C)C)NC1CCCC1. The minimum Gasteiger partial charge on any atom is -0.297 e. The van der Waals surface area contributed by atoms with E-state index in [0.717, 1.165) is 12.8 Å². The molecule has 0 aromatic carbocycles. The van der Waals surface area contributed by atoms with Crippen molar-refractivity contribution in [3.05, 3.63) is 0 Å². The summed E-state index contributed by atoms with van der Waals surface area (Å²) in [4.78, 5) is 0. The number of hydrogen-bond acceptors (Lipinski definition) is 2. The van der Waals surface area contributed by atoms with Crippen LogP contribution in [0.2, 0.25) is 0 Å². The van der Waals surface area contributed by atoms with E-state index in [0.29, 0.717) is 17.9 Å². The van der Waals surface area contributed by atoms with Gasteiger partial charge < -0.3 is 0 Å². The van der Waals surface area contributed by atoms with Gasteiger partial charge in [-0.3, -0.25) is 5.32 Å². The Morgan fingerprint density at radius 1 is 1.12 bits per heavy atom. The van der Waals surface area contributed by atoms with Crippen molar-refractivity contribution in [2.24, 2.45) is 11.8 Å². The van der Waals surface area contributed by atoms with Gasteiger partial charge in [0.25, 0.3) is 0 Å². The molecule has 2 heteroatoms. The first-order valence-corrected chi connectivity index (χ1v) is 7.16. The quantitative estimate of drug-likeness (QED) is 0.760. The van der Waals surface area contributed by atoms with Crippen LogP contribution in [0.15, 0.2) is 0 Å². The predicted octanol–water partition coefficient (Wildman–Crippen LogP) is 3.87. The highest BCUT2D eigenvalue weighted by molar-refractivity contribution is 5.09. The van der Waals surface area contributed by atoms with Gasteiger partial charge in [0.05, 0.1) is 6.07 Å². The number of hydrogen-bond donors (Lipinski definition) is 1. The molecule has 0 heterocycles. The summed E-state index contributed by atoms with van der Waals surface area (Å²) in [6.07, 6.45) is 7.08. The molecule has 0 saturated heterocycles. The molecule has 1 saturated carbocycles. The van der Waals surface area contributed by atoms with Crippen molar-refractivity contribution in [3.8, 4) is 6.07 Å². The summed E-state index contributed by atoms with van der Waals surface area (Å²) < 4.78 is 0. The second kappa shape index (κ2) is 6.40. The molecule has 1 rings (SSSR count). The fourth-order valence-electron chi connectivity index (χ4n) is 3.18. The normalized spacial score (nSPS) is 17.9. The van der Waals surface area contributed by atoms with Gasteiger partial charge in [-0.05, 0) is 37.5 Å². The van der Waals surface area contributed by atoms with E-state index in [1.807, 2.05) is 0 Å². The van der Waals surface area contributed by atoms with E-state index in [1.54, 1.807) is 0 Å². The van der Waals surface area contributed by atoms with Crippen molar-refractivity contribution in [2.45, 2.75) is 77.8 Å². The molecule has 0 amide bonds. The van der Waals surface area contributed by atoms with E-state index < -0.39 is 0 Å². The maximum Gasteiger partial charge on any atom is 0.107 e. The largest absolute Gasteiger partial charge is 0.297 e. The van der Waals surface area contributed by atoms with Crippen LogP contribution in [0.4, 0.5) is 0 Å². The summed E-state index contributed by atoms with van der Waals surface area (Å²) >= 11 is 0. The van der Waals surface area contributed by atoms with E-state index in [2.05, 4.69) is 39.1 Å². The Bertz CT molecular complexity index is 247. The van der Waals surface area contributed by atoms with Crippen LogP contribution in [0.5, 0.6) is 0 Å². The fraction of sp³-hybridized carbons (Fsp3) is 0.933. The van der Waals surface area contributed by atoms with Gasteiger partial charge in [0, 0.05) is 6.04 Å². The topological polar surface area (TPSA) is 35.8 Å². The maximum atomic E-state index is 9.62. The fourth-order valence-corrected chi connectivity index (χ4v) is 3.18. The Kier molecular flexibility index (Phi) is 5.46. The molecule has 98 valence electrons. The average Bonchev–Trinajstić information content (AvgIpc) is 2.68. The lowest BCUT2D eigenvalue weighted by atomic mass is 9.82. The highest BCUT2D eigenvalue weighted by atomic mass is 15.0. The third-order valence-electron chi connectivity index (χ3n) is 3.56. The molecule has 1 aliphatic rings. The minimum absolute atomic E-state index is 0.294. The van der Waals surface area contributed by atoms with Crippen molar-refractivity contribution in [1.29, 1.82) is 5.26 Å². The third kappa shape index (κ3) is 4.68. The molecule has 0 unspecified atom stereocenters. The van der Waals surface area contributed by atoms with Crippen LogP contribution in [0, 0.1) is 23.2 Å². The molecule has 0 aromatic rings. The van der Waals surface area contributed by atoms with E-state index in [1.165, 1.54) is 25.7 Å². The molecular formula is C15H28N2. The van der Waals surface area contributed by atoms with E-state index in [9.17, 15) is 5.26 Å². The van der Waals surface area contributed by atoms with Crippen molar-refractivity contribution in [2.75, 3.05) is 0 Å². The van der Waals surface area contributed by atoms with Gasteiger partial charge in [0.1, 0.15) is 5.54 Å². The van der Waals surface area contributed by atoms with Crippen molar-refractivity contribution in [3.63, 3.8) is 0 Å². The zero-order valence-electron chi connectivity index (χ0n) is 11.9. The minimum atomic E-state index is -0.294. The van der Waals surface area contributed by atoms with Gasteiger partial charge in [0.15, 0.2) is 0 Å². The molecule has 0 bridgehead atoms. The Labute approximate surface area is 107 Å². The number of nitrogens with zero attached hydrogens (tertiary/aromatic N) is 1. The number of nitriles is 1. The molecule has 1 fully saturated rings. The Balaban J connectivity index is 2.70. The zero-order valence-corrected chi connectivity index (χ0v) is 11.9. The van der Waals surface area contributed by atoms with Gasteiger partial charge in [0.2, 0.25) is 0 Å². The van der Waals surface area contributed by atoms with Crippen molar-refractivity contribution in [1.82, 2.24) is 5.32 Å². The molecule has 0 radical (unpaired) electrons. The second-order valence-electron chi connectivity index (χ2n) is 6.52. The lowest BCUT2D eigenvalue weighted by Gasteiger charge is -2.34. The lowest BCUT2D eigenvalue weighted by Crippen LogP contribution is -2.50. The first-order valence-electron chi connectivity index (χ1n) is 7.16. The molecule has 1 aliphatic carbocycles. The summed E-state index contributed by atoms with van der Waals surface area (Å²) in [6, 6.07) is 3.17. The van der Waals surface area contributed by atoms with Crippen LogP contribution < -0.4 is 5.32 Å². The zero-order chi connectivity index (χ0) is 12.9. The number of rotatable bonds is 6. The Hall–Kier alpha value is -0.550. The molecule has 0 aliphatic heterocycles. The molecule has 2 nitrogen and oxygen atoms in total. The molecular weight excluding hydrogens is 208 g/mol.